The molecule has 0 N–H and O–H groups in total. The van der Waals surface area contributed by atoms with Gasteiger partial charge in [0, 0.05) is 116 Å². The van der Waals surface area contributed by atoms with Gasteiger partial charge in [0.2, 0.25) is 28.5 Å². The van der Waals surface area contributed by atoms with Gasteiger partial charge in [-0.25, -0.2) is 22.8 Å². The van der Waals surface area contributed by atoms with Gasteiger partial charge in [-0.1, -0.05) is 230 Å². The molecule has 118 heavy (non-hydrogen) atoms. The largest absolute Gasteiger partial charge is 0.212 e. The fourth-order valence-electron chi connectivity index (χ4n) is 14.5. The third-order valence-corrected chi connectivity index (χ3v) is 21.1. The van der Waals surface area contributed by atoms with Crippen LogP contribution < -0.4 is 22.8 Å². The van der Waals surface area contributed by atoms with Gasteiger partial charge in [0.1, 0.15) is 35.2 Å². The van der Waals surface area contributed by atoms with Gasteiger partial charge in [0.25, 0.3) is 0 Å². The van der Waals surface area contributed by atoms with Crippen molar-refractivity contribution in [2.75, 3.05) is 0 Å². The second-order valence-corrected chi connectivity index (χ2v) is 32.2. The number of rotatable bonds is 14. The molecule has 0 spiro atoms. The van der Waals surface area contributed by atoms with E-state index in [1.165, 1.54) is 5.56 Å². The lowest BCUT2D eigenvalue weighted by molar-refractivity contribution is -0.660. The molecule has 0 amide bonds. The summed E-state index contributed by atoms with van der Waals surface area (Å²) < 4.78 is 171. The number of aromatic nitrogens is 5. The lowest BCUT2D eigenvalue weighted by atomic mass is 9.87. The van der Waals surface area contributed by atoms with Crippen LogP contribution in [0.5, 0.6) is 0 Å². The Hall–Kier alpha value is -12.1. The summed E-state index contributed by atoms with van der Waals surface area (Å²) in [6.07, 6.45) is 6.86. The summed E-state index contributed by atoms with van der Waals surface area (Å²) in [5, 5.41) is 0. The first kappa shape index (κ1) is 63.1. The molecule has 15 rings (SSSR count). The molecule has 0 aliphatic carbocycles. The molecule has 0 bridgehead atoms. The van der Waals surface area contributed by atoms with Gasteiger partial charge in [-0.3, -0.25) is 0 Å². The zero-order valence-corrected chi connectivity index (χ0v) is 71.8. The lowest BCUT2D eigenvalue weighted by Gasteiger charge is -2.18. The van der Waals surface area contributed by atoms with Crippen molar-refractivity contribution >= 4 is 0 Å². The van der Waals surface area contributed by atoms with E-state index in [1.54, 1.807) is 60.7 Å². The van der Waals surface area contributed by atoms with Crippen molar-refractivity contribution in [3.05, 3.63) is 388 Å². The molecule has 0 fully saturated rings. The topological polar surface area (TPSA) is 19.4 Å². The van der Waals surface area contributed by atoms with Crippen molar-refractivity contribution in [3.8, 4) is 112 Å². The Kier molecular flexibility index (Phi) is 21.0. The summed E-state index contributed by atoms with van der Waals surface area (Å²) in [7, 11) is 9.90. The van der Waals surface area contributed by atoms with Crippen LogP contribution in [0, 0.1) is 87.1 Å². The highest BCUT2D eigenvalue weighted by Crippen LogP contribution is 2.37. The predicted octanol–water partition coefficient (Wildman–Crippen LogP) is 26.5. The first-order valence-electron chi connectivity index (χ1n) is 50.3. The number of hydrogen-bond acceptors (Lipinski definition) is 0. The van der Waals surface area contributed by atoms with Gasteiger partial charge in [-0.15, -0.1) is 0 Å². The Morgan fingerprint density at radius 2 is 0.568 bits per heavy atom. The lowest BCUT2D eigenvalue weighted by Crippen LogP contribution is -2.31. The van der Waals surface area contributed by atoms with Crippen LogP contribution in [0.15, 0.2) is 310 Å². The van der Waals surface area contributed by atoms with E-state index in [1.807, 2.05) is 319 Å². The van der Waals surface area contributed by atoms with E-state index >= 15 is 0 Å². The fourth-order valence-corrected chi connectivity index (χ4v) is 14.5. The number of aryl methyl sites for hydroxylation is 16. The monoisotopic (exact) mass is 1570 g/mol. The van der Waals surface area contributed by atoms with Crippen LogP contribution in [0.2, 0.25) is 0 Å². The average Bonchev–Trinajstić information content (AvgIpc) is 0.780. The van der Waals surface area contributed by atoms with E-state index in [9.17, 15) is 0 Å². The van der Waals surface area contributed by atoms with E-state index in [-0.39, 0.29) is 5.92 Å². The van der Waals surface area contributed by atoms with Crippen molar-refractivity contribution in [2.24, 2.45) is 46.6 Å². The van der Waals surface area contributed by atoms with Gasteiger partial charge < -0.3 is 0 Å². The maximum atomic E-state index is 8.67. The SMILES string of the molecule is [2H]C([2H])([2H])c1ccccc1-c1ccc(C)c(-c2cc(C([2H])(C)C)cc[n+]2C)c1.[2H]C([2H])([2H])c1ccccc1-c1ccc(C)c(-c2cc(C([2H])([2H])C(C)(C)C)cc[n+]2C)c1.[2H]C([2H])([2H])c1ccccc1-c1ccc(C)c(-c2cc(C([2H])([2H])C(C)C)cc[n+]2C)c1.[2H]C([2H])([2H])c1ccccc1-c1ccc(C)c(-c2cc(C)cc[n+]2C)c1.[2H]C([2H])([2H])c1ccccc1-c1ccc(C)c(-c2cccc[n+]2C)c1. The summed E-state index contributed by atoms with van der Waals surface area (Å²) in [6, 6.07) is 87.8. The van der Waals surface area contributed by atoms with Crippen LogP contribution >= 0.6 is 0 Å². The van der Waals surface area contributed by atoms with E-state index in [4.69, 9.17) is 27.4 Å². The number of benzene rings is 10. The molecule has 0 unspecified atom stereocenters. The van der Waals surface area contributed by atoms with Crippen LogP contribution in [0.4, 0.5) is 0 Å². The highest BCUT2D eigenvalue weighted by Gasteiger charge is 2.23. The number of nitrogens with zero attached hydrogens (tertiary/aromatic N) is 5. The summed E-state index contributed by atoms with van der Waals surface area (Å²) in [5.41, 5.74) is 28.3. The predicted molar refractivity (Wildman–Crippen MR) is 500 cm³/mol. The maximum absolute atomic E-state index is 8.67. The van der Waals surface area contributed by atoms with Crippen LogP contribution in [-0.2, 0) is 48.0 Å². The minimum absolute atomic E-state index is 0.156. The van der Waals surface area contributed by atoms with Crippen LogP contribution in [0.1, 0.15) is 160 Å². The zero-order chi connectivity index (χ0) is 102. The van der Waals surface area contributed by atoms with Crippen molar-refractivity contribution < 1.29 is 50.3 Å². The van der Waals surface area contributed by atoms with Crippen LogP contribution in [0.25, 0.3) is 112 Å². The average molecular weight is 1570 g/mol. The molecule has 5 heteroatoms. The van der Waals surface area contributed by atoms with Gasteiger partial charge in [-0.05, 0) is 276 Å². The minimum Gasteiger partial charge on any atom is -0.201 e. The molecule has 5 heterocycles. The number of pyridine rings is 5. The molecule has 0 aliphatic heterocycles. The summed E-state index contributed by atoms with van der Waals surface area (Å²) >= 11 is 0. The normalized spacial score (nSPS) is 14.4. The van der Waals surface area contributed by atoms with Crippen molar-refractivity contribution in [3.63, 3.8) is 0 Å². The molecule has 0 radical (unpaired) electrons. The first-order valence-corrected chi connectivity index (χ1v) is 40.3. The molecule has 0 saturated heterocycles. The van der Waals surface area contributed by atoms with Crippen molar-refractivity contribution in [1.29, 1.82) is 0 Å². The minimum atomic E-state index is -2.20. The standard InChI is InChI=1S/C25H30N.C24H28N.C23H26N.C21H22N.C20H20N/c1-18-9-7-8-10-22(18)21-12-11-19(2)23(16-21)24-15-20(13-14-26(24)6)17-25(3,4)5;1-17(2)14-20-12-13-25(5)24(15-20)23-16-21(11-10-19(23)4)22-9-7-6-8-18(22)3;1-16(2)19-12-13-24(5)23(15-19)22-14-20(11-10-18(22)4)21-9-7-6-8-17(21)3;1-15-11-12-22(4)21(13-15)20-14-18(10-9-17(20)3)19-8-6-5-7-16(19)2;1-15-8-4-5-9-18(15)17-12-11-16(2)19(14-17)20-10-6-7-13-21(20)3/h7-16H,17H2,1-6H3;6-13,15-17H,14H2,1-5H3;6-16H,1-5H3;5-14H,1-4H3;4-14H,1-3H3/q5*+1/i1D3,17D2;3D3,14D2;3D3,16D;2D3;1D3. The molecule has 0 aliphatic rings. The molecule has 5 aromatic heterocycles. The fraction of sp³-hybridized carbons (Fsp3) is 0.248. The molecular formula is C113H126N5+5. The second-order valence-electron chi connectivity index (χ2n) is 32.2. The molecule has 10 aromatic carbocycles. The van der Waals surface area contributed by atoms with Gasteiger partial charge in [-0.2, -0.15) is 0 Å². The van der Waals surface area contributed by atoms with Crippen LogP contribution in [0.3, 0.4) is 0 Å². The first-order chi connectivity index (χ1) is 64.3. The molecular weight excluding hydrogens is 1430 g/mol. The van der Waals surface area contributed by atoms with E-state index < -0.39 is 58.3 Å². The van der Waals surface area contributed by atoms with E-state index in [0.29, 0.717) is 50.1 Å². The molecule has 0 atom stereocenters. The highest BCUT2D eigenvalue weighted by atomic mass is 14.9. The summed E-state index contributed by atoms with van der Waals surface area (Å²) in [6.45, 7) is 14.7. The number of hydrogen-bond donors (Lipinski definition) is 0. The van der Waals surface area contributed by atoms with Gasteiger partial charge in [0.15, 0.2) is 31.0 Å². The second kappa shape index (κ2) is 39.3. The smallest absolute Gasteiger partial charge is 0.201 e. The van der Waals surface area contributed by atoms with Gasteiger partial charge >= 0.3 is 0 Å². The quantitative estimate of drug-likeness (QED) is 0.0967. The third-order valence-electron chi connectivity index (χ3n) is 21.1. The Balaban J connectivity index is 0.000000166. The van der Waals surface area contributed by atoms with Crippen molar-refractivity contribution in [2.45, 2.75) is 143 Å². The Labute approximate surface area is 736 Å². The molecule has 598 valence electrons. The highest BCUT2D eigenvalue weighted by molar-refractivity contribution is 5.80. The summed E-state index contributed by atoms with van der Waals surface area (Å²) in [4.78, 5) is 0. The van der Waals surface area contributed by atoms with E-state index in [2.05, 4.69) is 78.4 Å². The zero-order valence-electron chi connectivity index (χ0n) is 91.8. The van der Waals surface area contributed by atoms with Gasteiger partial charge in [0.05, 0.1) is 0 Å². The Bertz CT molecular complexity index is 6900. The van der Waals surface area contributed by atoms with Crippen LogP contribution in [-0.4, -0.2) is 0 Å². The molecule has 0 saturated carbocycles. The Morgan fingerprint density at radius 1 is 0.280 bits per heavy atom. The van der Waals surface area contributed by atoms with E-state index in [0.717, 1.165) is 134 Å². The Morgan fingerprint density at radius 3 is 0.898 bits per heavy atom. The van der Waals surface area contributed by atoms with Crippen molar-refractivity contribution in [1.82, 2.24) is 0 Å². The maximum Gasteiger partial charge on any atom is 0.212 e. The molecule has 5 nitrogen and oxygen atoms in total. The summed E-state index contributed by atoms with van der Waals surface area (Å²) in [5.74, 6) is -0.848. The third kappa shape index (κ3) is 22.0. The molecule has 15 aromatic rings.